The first-order valence-corrected chi connectivity index (χ1v) is 3.71. The molecule has 0 rings (SSSR count). The predicted molar refractivity (Wildman–Crippen MR) is 44.2 cm³/mol. The van der Waals surface area contributed by atoms with Crippen LogP contribution in [-0.2, 0) is 14.3 Å². The van der Waals surface area contributed by atoms with Gasteiger partial charge in [0.1, 0.15) is 5.70 Å². The second-order valence-corrected chi connectivity index (χ2v) is 2.30. The van der Waals surface area contributed by atoms with Crippen molar-refractivity contribution >= 4 is 11.9 Å². The minimum absolute atomic E-state index is 0.0176. The van der Waals surface area contributed by atoms with E-state index in [1.54, 1.807) is 0 Å². The number of carbonyl (C=O) groups excluding carboxylic acids is 2. The quantitative estimate of drug-likeness (QED) is 0.497. The van der Waals surface area contributed by atoms with Crippen LogP contribution in [0.1, 0.15) is 20.3 Å². The lowest BCUT2D eigenvalue weighted by Crippen LogP contribution is -2.25. The van der Waals surface area contributed by atoms with Gasteiger partial charge in [0, 0.05) is 6.92 Å². The van der Waals surface area contributed by atoms with E-state index in [0.29, 0.717) is 6.61 Å². The first kappa shape index (κ1) is 10.7. The molecular formula is C8H13NO3. The van der Waals surface area contributed by atoms with Crippen molar-refractivity contribution in [3.8, 4) is 0 Å². The Hall–Kier alpha value is -1.32. The molecule has 0 aliphatic heterocycles. The van der Waals surface area contributed by atoms with Gasteiger partial charge in [0.05, 0.1) is 6.61 Å². The van der Waals surface area contributed by atoms with Crippen LogP contribution in [-0.4, -0.2) is 18.5 Å². The fourth-order valence-electron chi connectivity index (χ4n) is 0.545. The van der Waals surface area contributed by atoms with E-state index < -0.39 is 5.97 Å². The average Bonchev–Trinajstić information content (AvgIpc) is 1.98. The molecule has 0 spiro atoms. The Kier molecular flexibility index (Phi) is 4.76. The van der Waals surface area contributed by atoms with Gasteiger partial charge in [-0.15, -0.1) is 0 Å². The molecule has 0 bridgehead atoms. The zero-order valence-corrected chi connectivity index (χ0v) is 7.35. The Morgan fingerprint density at radius 2 is 2.08 bits per heavy atom. The highest BCUT2D eigenvalue weighted by atomic mass is 16.5. The maximum Gasteiger partial charge on any atom is 0.354 e. The summed E-state index contributed by atoms with van der Waals surface area (Å²) in [7, 11) is 0. The molecule has 0 unspecified atom stereocenters. The van der Waals surface area contributed by atoms with E-state index in [9.17, 15) is 9.59 Å². The van der Waals surface area contributed by atoms with Crippen molar-refractivity contribution in [3.05, 3.63) is 12.3 Å². The fourth-order valence-corrected chi connectivity index (χ4v) is 0.545. The molecule has 0 aliphatic rings. The summed E-state index contributed by atoms with van der Waals surface area (Å²) < 4.78 is 4.70. The van der Waals surface area contributed by atoms with Gasteiger partial charge < -0.3 is 10.1 Å². The average molecular weight is 171 g/mol. The van der Waals surface area contributed by atoms with Crippen LogP contribution in [0, 0.1) is 0 Å². The molecule has 4 heteroatoms. The number of rotatable bonds is 4. The smallest absolute Gasteiger partial charge is 0.354 e. The largest absolute Gasteiger partial charge is 0.461 e. The van der Waals surface area contributed by atoms with Gasteiger partial charge in [0.15, 0.2) is 0 Å². The molecular weight excluding hydrogens is 158 g/mol. The number of nitrogens with one attached hydrogen (secondary N) is 1. The maximum atomic E-state index is 10.9. The Bertz CT molecular complexity index is 198. The second-order valence-electron chi connectivity index (χ2n) is 2.30. The van der Waals surface area contributed by atoms with Crippen molar-refractivity contribution in [2.75, 3.05) is 6.61 Å². The van der Waals surface area contributed by atoms with E-state index in [2.05, 4.69) is 11.9 Å². The van der Waals surface area contributed by atoms with Crippen LogP contribution in [0.25, 0.3) is 0 Å². The summed E-state index contributed by atoms with van der Waals surface area (Å²) >= 11 is 0. The van der Waals surface area contributed by atoms with Gasteiger partial charge in [-0.2, -0.15) is 0 Å². The highest BCUT2D eigenvalue weighted by Crippen LogP contribution is 1.91. The van der Waals surface area contributed by atoms with Gasteiger partial charge in [0.2, 0.25) is 5.91 Å². The van der Waals surface area contributed by atoms with Crippen molar-refractivity contribution in [3.63, 3.8) is 0 Å². The lowest BCUT2D eigenvalue weighted by atomic mass is 10.4. The molecule has 0 saturated carbocycles. The zero-order chi connectivity index (χ0) is 9.56. The van der Waals surface area contributed by atoms with Crippen LogP contribution in [0.15, 0.2) is 12.3 Å². The summed E-state index contributed by atoms with van der Waals surface area (Å²) in [5.41, 5.74) is -0.0176. The number of ether oxygens (including phenoxy) is 1. The Labute approximate surface area is 71.6 Å². The molecule has 0 heterocycles. The van der Waals surface area contributed by atoms with E-state index in [-0.39, 0.29) is 11.6 Å². The molecule has 12 heavy (non-hydrogen) atoms. The van der Waals surface area contributed by atoms with Gasteiger partial charge >= 0.3 is 5.97 Å². The predicted octanol–water partition coefficient (Wildman–Crippen LogP) is 0.589. The molecule has 0 aromatic heterocycles. The summed E-state index contributed by atoms with van der Waals surface area (Å²) in [6.07, 6.45) is 0.749. The molecule has 0 aromatic rings. The minimum atomic E-state index is -0.577. The molecule has 0 saturated heterocycles. The van der Waals surface area contributed by atoms with Crippen LogP contribution in [0.5, 0.6) is 0 Å². The van der Waals surface area contributed by atoms with Crippen LogP contribution in [0.2, 0.25) is 0 Å². The van der Waals surface area contributed by atoms with Gasteiger partial charge in [0.25, 0.3) is 0 Å². The maximum absolute atomic E-state index is 10.9. The molecule has 0 atom stereocenters. The van der Waals surface area contributed by atoms with E-state index in [4.69, 9.17) is 4.74 Å². The Morgan fingerprint density at radius 1 is 1.50 bits per heavy atom. The van der Waals surface area contributed by atoms with Gasteiger partial charge in [-0.25, -0.2) is 4.79 Å². The monoisotopic (exact) mass is 171 g/mol. The van der Waals surface area contributed by atoms with Gasteiger partial charge in [-0.05, 0) is 6.42 Å². The molecule has 1 amide bonds. The van der Waals surface area contributed by atoms with Crippen molar-refractivity contribution in [2.45, 2.75) is 20.3 Å². The normalized spacial score (nSPS) is 8.83. The van der Waals surface area contributed by atoms with E-state index >= 15 is 0 Å². The molecule has 0 fully saturated rings. The molecule has 68 valence electrons. The van der Waals surface area contributed by atoms with Crippen LogP contribution >= 0.6 is 0 Å². The fraction of sp³-hybridized carbons (Fsp3) is 0.500. The number of carbonyl (C=O) groups is 2. The first-order valence-electron chi connectivity index (χ1n) is 3.71. The molecule has 0 aliphatic carbocycles. The molecule has 4 nitrogen and oxygen atoms in total. The molecule has 0 radical (unpaired) electrons. The third-order valence-corrected chi connectivity index (χ3v) is 1.01. The molecule has 1 N–H and O–H groups in total. The standard InChI is InChI=1S/C8H13NO3/c1-4-5-12-8(11)6(2)9-7(3)10/h2,4-5H2,1,3H3,(H,9,10). The summed E-state index contributed by atoms with van der Waals surface area (Å²) in [5, 5.41) is 2.24. The Morgan fingerprint density at radius 3 is 2.50 bits per heavy atom. The number of amides is 1. The van der Waals surface area contributed by atoms with E-state index in [1.165, 1.54) is 6.92 Å². The minimum Gasteiger partial charge on any atom is -0.461 e. The zero-order valence-electron chi connectivity index (χ0n) is 7.35. The molecule has 0 aromatic carbocycles. The second kappa shape index (κ2) is 5.35. The van der Waals surface area contributed by atoms with Crippen molar-refractivity contribution in [2.24, 2.45) is 0 Å². The summed E-state index contributed by atoms with van der Waals surface area (Å²) in [6.45, 7) is 6.87. The van der Waals surface area contributed by atoms with Crippen LogP contribution in [0.4, 0.5) is 0 Å². The van der Waals surface area contributed by atoms with Crippen LogP contribution in [0.3, 0.4) is 0 Å². The van der Waals surface area contributed by atoms with Gasteiger partial charge in [-0.1, -0.05) is 13.5 Å². The summed E-state index contributed by atoms with van der Waals surface area (Å²) in [4.78, 5) is 21.4. The first-order chi connectivity index (χ1) is 5.57. The topological polar surface area (TPSA) is 55.4 Å². The summed E-state index contributed by atoms with van der Waals surface area (Å²) in [6, 6.07) is 0. The third kappa shape index (κ3) is 4.49. The number of hydrogen-bond donors (Lipinski definition) is 1. The lowest BCUT2D eigenvalue weighted by molar-refractivity contribution is -0.140. The van der Waals surface area contributed by atoms with Crippen molar-refractivity contribution < 1.29 is 14.3 Å². The highest BCUT2D eigenvalue weighted by Gasteiger charge is 2.08. The van der Waals surface area contributed by atoms with Crippen molar-refractivity contribution in [1.29, 1.82) is 0 Å². The highest BCUT2D eigenvalue weighted by molar-refractivity contribution is 5.92. The Balaban J connectivity index is 3.77. The number of hydrogen-bond acceptors (Lipinski definition) is 3. The van der Waals surface area contributed by atoms with Crippen LogP contribution < -0.4 is 5.32 Å². The van der Waals surface area contributed by atoms with Gasteiger partial charge in [-0.3, -0.25) is 4.79 Å². The van der Waals surface area contributed by atoms with E-state index in [1.807, 2.05) is 6.92 Å². The summed E-state index contributed by atoms with van der Waals surface area (Å²) in [5.74, 6) is -0.902. The SMILES string of the molecule is C=C(NC(C)=O)C(=O)OCCC. The van der Waals surface area contributed by atoms with Crippen molar-refractivity contribution in [1.82, 2.24) is 5.32 Å². The lowest BCUT2D eigenvalue weighted by Gasteiger charge is -2.05. The number of esters is 1. The third-order valence-electron chi connectivity index (χ3n) is 1.01. The van der Waals surface area contributed by atoms with E-state index in [0.717, 1.165) is 6.42 Å².